The van der Waals surface area contributed by atoms with Crippen molar-refractivity contribution in [2.24, 2.45) is 0 Å². The summed E-state index contributed by atoms with van der Waals surface area (Å²) in [6.07, 6.45) is 1.48. The van der Waals surface area contributed by atoms with Crippen LogP contribution in [0.2, 0.25) is 0 Å². The Bertz CT molecular complexity index is 670. The Morgan fingerprint density at radius 3 is 3.00 bits per heavy atom. The number of aromatic nitrogens is 3. The summed E-state index contributed by atoms with van der Waals surface area (Å²) in [7, 11) is 1.89. The second-order valence-electron chi connectivity index (χ2n) is 3.62. The molecule has 0 unspecified atom stereocenters. The van der Waals surface area contributed by atoms with Gasteiger partial charge in [0.2, 0.25) is 0 Å². The van der Waals surface area contributed by atoms with Gasteiger partial charge in [-0.05, 0) is 18.2 Å². The Morgan fingerprint density at radius 2 is 2.19 bits per heavy atom. The van der Waals surface area contributed by atoms with E-state index in [0.717, 1.165) is 27.6 Å². The van der Waals surface area contributed by atoms with Gasteiger partial charge in [0, 0.05) is 18.1 Å². The van der Waals surface area contributed by atoms with Gasteiger partial charge in [0.15, 0.2) is 5.82 Å². The third kappa shape index (κ3) is 1.11. The highest BCUT2D eigenvalue weighted by Crippen LogP contribution is 2.27. The number of nitrogen functional groups attached to an aromatic ring is 1. The van der Waals surface area contributed by atoms with Crippen LogP contribution < -0.4 is 11.1 Å². The lowest BCUT2D eigenvalue weighted by Gasteiger charge is -1.98. The van der Waals surface area contributed by atoms with Gasteiger partial charge in [-0.25, -0.2) is 9.97 Å². The van der Waals surface area contributed by atoms with Gasteiger partial charge >= 0.3 is 0 Å². The number of nitrogens with two attached hydrogens (primary N) is 1. The minimum atomic E-state index is 0.479. The highest BCUT2D eigenvalue weighted by molar-refractivity contribution is 6.08. The van der Waals surface area contributed by atoms with Crippen LogP contribution in [0, 0.1) is 0 Å². The maximum Gasteiger partial charge on any atom is 0.151 e. The van der Waals surface area contributed by atoms with E-state index in [1.54, 1.807) is 0 Å². The molecule has 3 aromatic rings. The second kappa shape index (κ2) is 3.10. The Labute approximate surface area is 91.7 Å². The molecule has 0 bridgehead atoms. The van der Waals surface area contributed by atoms with E-state index in [1.807, 2.05) is 25.2 Å². The molecule has 0 saturated carbocycles. The number of nitrogens with one attached hydrogen (secondary N) is 2. The summed E-state index contributed by atoms with van der Waals surface area (Å²) >= 11 is 0. The highest BCUT2D eigenvalue weighted by Gasteiger charge is 2.08. The number of benzene rings is 1. The van der Waals surface area contributed by atoms with E-state index in [0.29, 0.717) is 5.82 Å². The number of aromatic amines is 1. The minimum Gasteiger partial charge on any atom is -0.388 e. The van der Waals surface area contributed by atoms with Crippen LogP contribution >= 0.6 is 0 Å². The first kappa shape index (κ1) is 8.96. The van der Waals surface area contributed by atoms with Crippen molar-refractivity contribution in [1.29, 1.82) is 0 Å². The molecule has 0 fully saturated rings. The van der Waals surface area contributed by atoms with E-state index in [1.165, 1.54) is 6.33 Å². The molecule has 2 heterocycles. The number of hydrogen-bond donors (Lipinski definition) is 3. The Morgan fingerprint density at radius 1 is 1.31 bits per heavy atom. The zero-order valence-electron chi connectivity index (χ0n) is 8.78. The first-order valence-electron chi connectivity index (χ1n) is 4.99. The fourth-order valence-corrected chi connectivity index (χ4v) is 1.87. The molecule has 0 spiro atoms. The first-order valence-corrected chi connectivity index (χ1v) is 4.99. The maximum atomic E-state index is 5.79. The monoisotopic (exact) mass is 213 g/mol. The van der Waals surface area contributed by atoms with E-state index in [9.17, 15) is 0 Å². The first-order chi connectivity index (χ1) is 7.79. The molecular weight excluding hydrogens is 202 g/mol. The molecule has 5 nitrogen and oxygen atoms in total. The van der Waals surface area contributed by atoms with Crippen molar-refractivity contribution in [3.63, 3.8) is 0 Å². The molecule has 0 saturated heterocycles. The molecule has 0 amide bonds. The smallest absolute Gasteiger partial charge is 0.151 e. The number of nitrogens with zero attached hydrogens (tertiary/aromatic N) is 2. The van der Waals surface area contributed by atoms with Crippen LogP contribution in [0.3, 0.4) is 0 Å². The van der Waals surface area contributed by atoms with Gasteiger partial charge in [-0.2, -0.15) is 0 Å². The number of fused-ring (bicyclic) bond motifs is 3. The van der Waals surface area contributed by atoms with E-state index < -0.39 is 0 Å². The van der Waals surface area contributed by atoms with Gasteiger partial charge in [0.25, 0.3) is 0 Å². The third-order valence-corrected chi connectivity index (χ3v) is 2.70. The summed E-state index contributed by atoms with van der Waals surface area (Å²) in [5.74, 6) is 0.479. The average Bonchev–Trinajstić information content (AvgIpc) is 2.68. The standard InChI is InChI=1S/C11H11N5/c1-13-6-2-3-7-8(4-6)16-10-9(7)14-5-15-11(10)12/h2-5,13,16H,1H3,(H2,12,14,15). The molecule has 0 aliphatic heterocycles. The van der Waals surface area contributed by atoms with Gasteiger partial charge in [-0.15, -0.1) is 0 Å². The summed E-state index contributed by atoms with van der Waals surface area (Å²) < 4.78 is 0. The largest absolute Gasteiger partial charge is 0.388 e. The molecule has 0 aliphatic rings. The molecule has 5 heteroatoms. The second-order valence-corrected chi connectivity index (χ2v) is 3.62. The lowest BCUT2D eigenvalue weighted by Crippen LogP contribution is -1.91. The fraction of sp³-hybridized carbons (Fsp3) is 0.0909. The molecule has 16 heavy (non-hydrogen) atoms. The van der Waals surface area contributed by atoms with Crippen LogP contribution in [0.1, 0.15) is 0 Å². The minimum absolute atomic E-state index is 0.479. The summed E-state index contributed by atoms with van der Waals surface area (Å²) in [6.45, 7) is 0. The molecule has 0 atom stereocenters. The van der Waals surface area contributed by atoms with E-state index in [2.05, 4.69) is 20.3 Å². The van der Waals surface area contributed by atoms with E-state index in [4.69, 9.17) is 5.73 Å². The van der Waals surface area contributed by atoms with Crippen LogP contribution in [0.5, 0.6) is 0 Å². The van der Waals surface area contributed by atoms with Crippen molar-refractivity contribution in [1.82, 2.24) is 15.0 Å². The van der Waals surface area contributed by atoms with E-state index >= 15 is 0 Å². The number of anilines is 2. The van der Waals surface area contributed by atoms with Crippen LogP contribution in [-0.4, -0.2) is 22.0 Å². The maximum absolute atomic E-state index is 5.79. The van der Waals surface area contributed by atoms with Crippen molar-refractivity contribution >= 4 is 33.4 Å². The predicted molar refractivity (Wildman–Crippen MR) is 65.4 cm³/mol. The van der Waals surface area contributed by atoms with Crippen molar-refractivity contribution in [3.8, 4) is 0 Å². The number of rotatable bonds is 1. The van der Waals surface area contributed by atoms with Crippen LogP contribution in [0.15, 0.2) is 24.5 Å². The Hall–Kier alpha value is -2.30. The number of hydrogen-bond acceptors (Lipinski definition) is 4. The molecule has 80 valence electrons. The zero-order chi connectivity index (χ0) is 11.1. The molecule has 1 aromatic carbocycles. The van der Waals surface area contributed by atoms with Gasteiger partial charge in [0.05, 0.1) is 5.52 Å². The summed E-state index contributed by atoms with van der Waals surface area (Å²) in [5, 5.41) is 4.15. The third-order valence-electron chi connectivity index (χ3n) is 2.70. The van der Waals surface area contributed by atoms with Crippen LogP contribution in [0.25, 0.3) is 21.9 Å². The highest BCUT2D eigenvalue weighted by atomic mass is 15.0. The predicted octanol–water partition coefficient (Wildman–Crippen LogP) is 1.73. The van der Waals surface area contributed by atoms with Crippen LogP contribution in [-0.2, 0) is 0 Å². The van der Waals surface area contributed by atoms with Gasteiger partial charge in [-0.3, -0.25) is 0 Å². The fourth-order valence-electron chi connectivity index (χ4n) is 1.87. The van der Waals surface area contributed by atoms with Gasteiger partial charge in [0.1, 0.15) is 17.4 Å². The normalized spacial score (nSPS) is 11.1. The summed E-state index contributed by atoms with van der Waals surface area (Å²) in [6, 6.07) is 6.05. The lowest BCUT2D eigenvalue weighted by atomic mass is 10.2. The van der Waals surface area contributed by atoms with Crippen LogP contribution in [0.4, 0.5) is 11.5 Å². The van der Waals surface area contributed by atoms with Crippen molar-refractivity contribution in [3.05, 3.63) is 24.5 Å². The molecule has 0 radical (unpaired) electrons. The SMILES string of the molecule is CNc1ccc2c(c1)[nH]c1c(N)ncnc12. The summed E-state index contributed by atoms with van der Waals surface area (Å²) in [4.78, 5) is 11.4. The van der Waals surface area contributed by atoms with Gasteiger partial charge < -0.3 is 16.0 Å². The molecule has 0 aliphatic carbocycles. The lowest BCUT2D eigenvalue weighted by molar-refractivity contribution is 1.23. The Balaban J connectivity index is 2.45. The van der Waals surface area contributed by atoms with Crippen molar-refractivity contribution in [2.45, 2.75) is 0 Å². The Kier molecular flexibility index (Phi) is 1.73. The molecular formula is C11H11N5. The quantitative estimate of drug-likeness (QED) is 0.575. The molecule has 4 N–H and O–H groups in total. The summed E-state index contributed by atoms with van der Waals surface area (Å²) in [5.41, 5.74) is 9.51. The van der Waals surface area contributed by atoms with E-state index in [-0.39, 0.29) is 0 Å². The van der Waals surface area contributed by atoms with Crippen molar-refractivity contribution < 1.29 is 0 Å². The van der Waals surface area contributed by atoms with Crippen molar-refractivity contribution in [2.75, 3.05) is 18.1 Å². The molecule has 3 rings (SSSR count). The van der Waals surface area contributed by atoms with Gasteiger partial charge in [-0.1, -0.05) is 0 Å². The average molecular weight is 213 g/mol. The zero-order valence-corrected chi connectivity index (χ0v) is 8.78. The topological polar surface area (TPSA) is 79.6 Å². The number of H-pyrrole nitrogens is 1. The molecule has 2 aromatic heterocycles.